The third kappa shape index (κ3) is 2.08. The molecule has 0 aliphatic carbocycles. The first-order chi connectivity index (χ1) is 7.52. The zero-order chi connectivity index (χ0) is 12.3. The summed E-state index contributed by atoms with van der Waals surface area (Å²) in [5.41, 5.74) is 1.24. The van der Waals surface area contributed by atoms with E-state index >= 15 is 0 Å². The highest BCUT2D eigenvalue weighted by Crippen LogP contribution is 2.21. The second kappa shape index (κ2) is 4.83. The maximum atomic E-state index is 11.7. The maximum absolute atomic E-state index is 11.7. The molecule has 0 radical (unpaired) electrons. The Hall–Kier alpha value is -1.78. The summed E-state index contributed by atoms with van der Waals surface area (Å²) in [5.74, 6) is -1.03. The minimum atomic E-state index is -1.03. The van der Waals surface area contributed by atoms with Crippen LogP contribution in [0.1, 0.15) is 35.0 Å². The molecule has 0 amide bonds. The van der Waals surface area contributed by atoms with E-state index in [0.717, 1.165) is 6.42 Å². The van der Waals surface area contributed by atoms with Gasteiger partial charge in [0.25, 0.3) is 5.56 Å². The number of pyridine rings is 1. The van der Waals surface area contributed by atoms with Crippen LogP contribution in [0.3, 0.4) is 0 Å². The summed E-state index contributed by atoms with van der Waals surface area (Å²) in [4.78, 5) is 25.4. The van der Waals surface area contributed by atoms with Gasteiger partial charge in [-0.25, -0.2) is 4.79 Å². The Labute approximate surface area is 93.5 Å². The van der Waals surface area contributed by atoms with Gasteiger partial charge in [-0.3, -0.25) is 4.79 Å². The first-order valence-electron chi connectivity index (χ1n) is 5.19. The van der Waals surface area contributed by atoms with Gasteiger partial charge in [-0.15, -0.1) is 0 Å². The Balaban J connectivity index is 3.55. The average Bonchev–Trinajstić information content (AvgIpc) is 2.20. The van der Waals surface area contributed by atoms with Crippen molar-refractivity contribution in [1.82, 2.24) is 4.98 Å². The van der Waals surface area contributed by atoms with Gasteiger partial charge < -0.3 is 15.4 Å². The molecule has 0 aliphatic heterocycles. The number of aromatic nitrogens is 1. The van der Waals surface area contributed by atoms with Crippen molar-refractivity contribution in [2.75, 3.05) is 12.4 Å². The number of anilines is 1. The second-order valence-corrected chi connectivity index (χ2v) is 3.61. The molecular weight excluding hydrogens is 208 g/mol. The number of aryl methyl sites for hydroxylation is 1. The summed E-state index contributed by atoms with van der Waals surface area (Å²) in [7, 11) is 1.62. The molecule has 1 heterocycles. The van der Waals surface area contributed by atoms with Crippen molar-refractivity contribution in [1.29, 1.82) is 0 Å². The molecule has 0 atom stereocenters. The van der Waals surface area contributed by atoms with E-state index in [4.69, 9.17) is 5.11 Å². The van der Waals surface area contributed by atoms with Gasteiger partial charge in [0.2, 0.25) is 0 Å². The molecule has 1 rings (SSSR count). The van der Waals surface area contributed by atoms with Crippen molar-refractivity contribution in [2.45, 2.75) is 26.7 Å². The predicted molar refractivity (Wildman–Crippen MR) is 62.3 cm³/mol. The zero-order valence-corrected chi connectivity index (χ0v) is 9.68. The van der Waals surface area contributed by atoms with Crippen molar-refractivity contribution in [3.63, 3.8) is 0 Å². The van der Waals surface area contributed by atoms with Crippen LogP contribution in [0.25, 0.3) is 0 Å². The molecular formula is C11H16N2O3. The van der Waals surface area contributed by atoms with Gasteiger partial charge in [-0.2, -0.15) is 0 Å². The number of hydrogen-bond acceptors (Lipinski definition) is 3. The lowest BCUT2D eigenvalue weighted by molar-refractivity contribution is 0.0696. The lowest BCUT2D eigenvalue weighted by Gasteiger charge is -2.12. The molecule has 0 spiro atoms. The highest BCUT2D eigenvalue weighted by atomic mass is 16.4. The number of nitrogens with one attached hydrogen (secondary N) is 2. The van der Waals surface area contributed by atoms with Crippen LogP contribution in [0.5, 0.6) is 0 Å². The number of hydrogen-bond donors (Lipinski definition) is 3. The number of carbonyl (C=O) groups is 1. The molecule has 3 N–H and O–H groups in total. The monoisotopic (exact) mass is 224 g/mol. The number of rotatable bonds is 4. The summed E-state index contributed by atoms with van der Waals surface area (Å²) in [6.45, 7) is 3.53. The Morgan fingerprint density at radius 1 is 1.50 bits per heavy atom. The Morgan fingerprint density at radius 3 is 2.56 bits per heavy atom. The smallest absolute Gasteiger partial charge is 0.339 e. The molecule has 0 aliphatic rings. The summed E-state index contributed by atoms with van der Waals surface area (Å²) >= 11 is 0. The van der Waals surface area contributed by atoms with Crippen molar-refractivity contribution < 1.29 is 9.90 Å². The molecule has 0 bridgehead atoms. The average molecular weight is 224 g/mol. The van der Waals surface area contributed by atoms with Crippen LogP contribution in [0.2, 0.25) is 0 Å². The van der Waals surface area contributed by atoms with E-state index in [1.54, 1.807) is 14.0 Å². The van der Waals surface area contributed by atoms with Crippen LogP contribution in [0, 0.1) is 6.92 Å². The molecule has 0 fully saturated rings. The normalized spacial score (nSPS) is 10.2. The Morgan fingerprint density at radius 2 is 2.12 bits per heavy atom. The van der Waals surface area contributed by atoms with E-state index in [1.165, 1.54) is 0 Å². The molecule has 0 saturated carbocycles. The fourth-order valence-electron chi connectivity index (χ4n) is 1.79. The Bertz CT molecular complexity index is 463. The van der Waals surface area contributed by atoms with Crippen molar-refractivity contribution >= 4 is 11.7 Å². The fourth-order valence-corrected chi connectivity index (χ4v) is 1.79. The number of aromatic amines is 1. The first-order valence-corrected chi connectivity index (χ1v) is 5.19. The van der Waals surface area contributed by atoms with Crippen LogP contribution in [0.15, 0.2) is 4.79 Å². The van der Waals surface area contributed by atoms with Crippen LogP contribution in [0.4, 0.5) is 5.69 Å². The van der Waals surface area contributed by atoms with Gasteiger partial charge in [0.05, 0.1) is 5.69 Å². The molecule has 0 unspecified atom stereocenters. The van der Waals surface area contributed by atoms with E-state index in [-0.39, 0.29) is 11.1 Å². The van der Waals surface area contributed by atoms with E-state index < -0.39 is 5.97 Å². The highest BCUT2D eigenvalue weighted by molar-refractivity contribution is 5.96. The number of carboxylic acid groups (broad SMARTS) is 1. The first kappa shape index (κ1) is 12.3. The van der Waals surface area contributed by atoms with E-state index in [2.05, 4.69) is 10.3 Å². The summed E-state index contributed by atoms with van der Waals surface area (Å²) in [6, 6.07) is 0. The van der Waals surface area contributed by atoms with E-state index in [1.807, 2.05) is 6.92 Å². The van der Waals surface area contributed by atoms with Crippen LogP contribution < -0.4 is 10.9 Å². The topological polar surface area (TPSA) is 82.2 Å². The number of carboxylic acids is 1. The summed E-state index contributed by atoms with van der Waals surface area (Å²) in [6.07, 6.45) is 1.35. The van der Waals surface area contributed by atoms with Gasteiger partial charge in [-0.05, 0) is 13.3 Å². The molecule has 0 aromatic carbocycles. The van der Waals surface area contributed by atoms with Gasteiger partial charge in [0.15, 0.2) is 0 Å². The SMILES string of the molecule is CCCc1c(NC)c(C(=O)O)c(C)[nH]c1=O. The van der Waals surface area contributed by atoms with Crippen molar-refractivity contribution in [3.05, 3.63) is 27.2 Å². The standard InChI is InChI=1S/C11H16N2O3/c1-4-5-7-9(12-3)8(11(15)16)6(2)13-10(7)14/h4-5H2,1-3H3,(H,15,16)(H2,12,13,14). The molecule has 5 heteroatoms. The van der Waals surface area contributed by atoms with E-state index in [9.17, 15) is 9.59 Å². The van der Waals surface area contributed by atoms with Gasteiger partial charge in [0.1, 0.15) is 5.56 Å². The molecule has 0 saturated heterocycles. The highest BCUT2D eigenvalue weighted by Gasteiger charge is 2.18. The van der Waals surface area contributed by atoms with Crippen molar-refractivity contribution in [2.24, 2.45) is 0 Å². The predicted octanol–water partition coefficient (Wildman–Crippen LogP) is 1.38. The molecule has 1 aromatic rings. The molecule has 16 heavy (non-hydrogen) atoms. The minimum Gasteiger partial charge on any atom is -0.478 e. The Kier molecular flexibility index (Phi) is 3.71. The lowest BCUT2D eigenvalue weighted by Crippen LogP contribution is -2.21. The summed E-state index contributed by atoms with van der Waals surface area (Å²) < 4.78 is 0. The van der Waals surface area contributed by atoms with Crippen LogP contribution >= 0.6 is 0 Å². The second-order valence-electron chi connectivity index (χ2n) is 3.61. The number of aromatic carboxylic acids is 1. The zero-order valence-electron chi connectivity index (χ0n) is 9.68. The lowest BCUT2D eigenvalue weighted by atomic mass is 10.0. The number of H-pyrrole nitrogens is 1. The molecule has 5 nitrogen and oxygen atoms in total. The van der Waals surface area contributed by atoms with Crippen molar-refractivity contribution in [3.8, 4) is 0 Å². The molecule has 1 aromatic heterocycles. The third-order valence-electron chi connectivity index (χ3n) is 2.47. The van der Waals surface area contributed by atoms with Crippen LogP contribution in [-0.2, 0) is 6.42 Å². The third-order valence-corrected chi connectivity index (χ3v) is 2.47. The van der Waals surface area contributed by atoms with Gasteiger partial charge in [0, 0.05) is 18.3 Å². The van der Waals surface area contributed by atoms with Crippen LogP contribution in [-0.4, -0.2) is 23.1 Å². The molecule has 88 valence electrons. The van der Waals surface area contributed by atoms with E-state index in [0.29, 0.717) is 23.4 Å². The quantitative estimate of drug-likeness (QED) is 0.721. The summed E-state index contributed by atoms with van der Waals surface area (Å²) in [5, 5.41) is 11.9. The minimum absolute atomic E-state index is 0.144. The largest absolute Gasteiger partial charge is 0.478 e. The fraction of sp³-hybridized carbons (Fsp3) is 0.455. The maximum Gasteiger partial charge on any atom is 0.339 e. The van der Waals surface area contributed by atoms with Gasteiger partial charge >= 0.3 is 5.97 Å². The van der Waals surface area contributed by atoms with Gasteiger partial charge in [-0.1, -0.05) is 13.3 Å².